The van der Waals surface area contributed by atoms with Crippen LogP contribution in [0.4, 0.5) is 0 Å². The fourth-order valence-corrected chi connectivity index (χ4v) is 3.92. The molecule has 4 heteroatoms. The number of rotatable bonds is 6. The van der Waals surface area contributed by atoms with E-state index >= 15 is 0 Å². The number of ether oxygens (including phenoxy) is 1. The van der Waals surface area contributed by atoms with Gasteiger partial charge in [-0.05, 0) is 37.8 Å². The third-order valence-corrected chi connectivity index (χ3v) is 4.95. The molecule has 106 valence electrons. The second-order valence-corrected chi connectivity index (χ2v) is 6.92. The number of Topliss-reactive ketones (excluding diaryl/α,β-unsaturated/α-hetero) is 1. The van der Waals surface area contributed by atoms with Gasteiger partial charge in [-0.3, -0.25) is 4.79 Å². The quantitative estimate of drug-likeness (QED) is 0.773. The first-order valence-corrected chi connectivity index (χ1v) is 8.28. The summed E-state index contributed by atoms with van der Waals surface area (Å²) in [5.74, 6) is 0.629. The SMILES string of the molecule is CCOC(C(=O)Cc1ccc(Cl)s1)C1CCCCC1. The lowest BCUT2D eigenvalue weighted by Gasteiger charge is -2.29. The van der Waals surface area contributed by atoms with Crippen LogP contribution in [0.25, 0.3) is 0 Å². The molecule has 0 aromatic carbocycles. The molecule has 1 unspecified atom stereocenters. The van der Waals surface area contributed by atoms with E-state index in [1.807, 2.05) is 19.1 Å². The Labute approximate surface area is 124 Å². The Morgan fingerprint density at radius 2 is 2.16 bits per heavy atom. The first-order valence-electron chi connectivity index (χ1n) is 7.09. The number of ketones is 1. The number of halogens is 1. The molecule has 1 aliphatic carbocycles. The fourth-order valence-electron chi connectivity index (χ4n) is 2.83. The summed E-state index contributed by atoms with van der Waals surface area (Å²) in [7, 11) is 0. The number of hydrogen-bond donors (Lipinski definition) is 0. The summed E-state index contributed by atoms with van der Waals surface area (Å²) in [6, 6.07) is 3.79. The molecule has 0 spiro atoms. The summed E-state index contributed by atoms with van der Waals surface area (Å²) >= 11 is 7.40. The summed E-state index contributed by atoms with van der Waals surface area (Å²) < 4.78 is 6.49. The summed E-state index contributed by atoms with van der Waals surface area (Å²) in [6.07, 6.45) is 6.25. The molecule has 0 radical (unpaired) electrons. The maximum Gasteiger partial charge on any atom is 0.167 e. The van der Waals surface area contributed by atoms with E-state index in [9.17, 15) is 4.79 Å². The monoisotopic (exact) mass is 300 g/mol. The van der Waals surface area contributed by atoms with E-state index in [0.717, 1.165) is 22.1 Å². The number of carbonyl (C=O) groups is 1. The van der Waals surface area contributed by atoms with Gasteiger partial charge >= 0.3 is 0 Å². The summed E-state index contributed by atoms with van der Waals surface area (Å²) in [4.78, 5) is 13.5. The van der Waals surface area contributed by atoms with Gasteiger partial charge < -0.3 is 4.74 Å². The first kappa shape index (κ1) is 15.0. The van der Waals surface area contributed by atoms with E-state index in [0.29, 0.717) is 18.9 Å². The lowest BCUT2D eigenvalue weighted by molar-refractivity contribution is -0.134. The molecule has 0 bridgehead atoms. The zero-order valence-electron chi connectivity index (χ0n) is 11.4. The molecule has 0 saturated heterocycles. The van der Waals surface area contributed by atoms with E-state index in [1.165, 1.54) is 30.6 Å². The summed E-state index contributed by atoms with van der Waals surface area (Å²) in [5.41, 5.74) is 0. The molecule has 1 aromatic heterocycles. The molecule has 2 nitrogen and oxygen atoms in total. The smallest absolute Gasteiger partial charge is 0.167 e. The highest BCUT2D eigenvalue weighted by atomic mass is 35.5. The Bertz CT molecular complexity index is 410. The zero-order chi connectivity index (χ0) is 13.7. The number of thiophene rings is 1. The van der Waals surface area contributed by atoms with Crippen LogP contribution in [-0.4, -0.2) is 18.5 Å². The molecule has 1 aromatic rings. The van der Waals surface area contributed by atoms with Crippen LogP contribution in [0.15, 0.2) is 12.1 Å². The standard InChI is InChI=1S/C15H21ClO2S/c1-2-18-15(11-6-4-3-5-7-11)13(17)10-12-8-9-14(16)19-12/h8-9,11,15H,2-7,10H2,1H3. The van der Waals surface area contributed by atoms with Crippen LogP contribution in [0, 0.1) is 5.92 Å². The van der Waals surface area contributed by atoms with Crippen LogP contribution in [0.1, 0.15) is 43.9 Å². The van der Waals surface area contributed by atoms with Gasteiger partial charge in [0.1, 0.15) is 6.10 Å². The van der Waals surface area contributed by atoms with Crippen molar-refractivity contribution in [3.05, 3.63) is 21.3 Å². The van der Waals surface area contributed by atoms with Gasteiger partial charge in [-0.2, -0.15) is 0 Å². The first-order chi connectivity index (χ1) is 9.20. The molecule has 0 N–H and O–H groups in total. The molecule has 19 heavy (non-hydrogen) atoms. The average Bonchev–Trinajstić information content (AvgIpc) is 2.82. The predicted octanol–water partition coefficient (Wildman–Crippen LogP) is 4.50. The van der Waals surface area contributed by atoms with Gasteiger partial charge in [0.15, 0.2) is 5.78 Å². The Morgan fingerprint density at radius 1 is 1.42 bits per heavy atom. The van der Waals surface area contributed by atoms with Crippen LogP contribution >= 0.6 is 22.9 Å². The minimum absolute atomic E-state index is 0.215. The minimum Gasteiger partial charge on any atom is -0.370 e. The van der Waals surface area contributed by atoms with E-state index in [2.05, 4.69) is 0 Å². The largest absolute Gasteiger partial charge is 0.370 e. The topological polar surface area (TPSA) is 26.3 Å². The van der Waals surface area contributed by atoms with Crippen molar-refractivity contribution in [2.24, 2.45) is 5.92 Å². The molecule has 2 rings (SSSR count). The van der Waals surface area contributed by atoms with Gasteiger partial charge in [0.05, 0.1) is 4.34 Å². The van der Waals surface area contributed by atoms with Gasteiger partial charge in [-0.1, -0.05) is 30.9 Å². The van der Waals surface area contributed by atoms with Crippen LogP contribution in [-0.2, 0) is 16.0 Å². The second kappa shape index (κ2) is 7.41. The van der Waals surface area contributed by atoms with Gasteiger partial charge in [0.2, 0.25) is 0 Å². The molecule has 1 heterocycles. The third-order valence-electron chi connectivity index (χ3n) is 3.72. The maximum atomic E-state index is 12.4. The van der Waals surface area contributed by atoms with Crippen LogP contribution in [0.5, 0.6) is 0 Å². The zero-order valence-corrected chi connectivity index (χ0v) is 12.9. The summed E-state index contributed by atoms with van der Waals surface area (Å²) in [6.45, 7) is 2.57. The summed E-state index contributed by atoms with van der Waals surface area (Å²) in [5, 5.41) is 0. The van der Waals surface area contributed by atoms with Gasteiger partial charge in [-0.25, -0.2) is 0 Å². The highest BCUT2D eigenvalue weighted by Crippen LogP contribution is 2.30. The van der Waals surface area contributed by atoms with Gasteiger partial charge in [-0.15, -0.1) is 11.3 Å². The van der Waals surface area contributed by atoms with Crippen molar-refractivity contribution in [3.63, 3.8) is 0 Å². The van der Waals surface area contributed by atoms with E-state index in [4.69, 9.17) is 16.3 Å². The van der Waals surface area contributed by atoms with Crippen molar-refractivity contribution in [1.82, 2.24) is 0 Å². The average molecular weight is 301 g/mol. The number of carbonyl (C=O) groups excluding carboxylic acids is 1. The molecular formula is C15H21ClO2S. The Morgan fingerprint density at radius 3 is 2.74 bits per heavy atom. The lowest BCUT2D eigenvalue weighted by atomic mass is 9.83. The van der Waals surface area contributed by atoms with Crippen LogP contribution in [0.2, 0.25) is 4.34 Å². The number of hydrogen-bond acceptors (Lipinski definition) is 3. The van der Waals surface area contributed by atoms with Crippen LogP contribution in [0.3, 0.4) is 0 Å². The van der Waals surface area contributed by atoms with Crippen molar-refractivity contribution < 1.29 is 9.53 Å². The predicted molar refractivity (Wildman–Crippen MR) is 80.0 cm³/mol. The van der Waals surface area contributed by atoms with E-state index in [1.54, 1.807) is 0 Å². The molecule has 1 saturated carbocycles. The van der Waals surface area contributed by atoms with Crippen molar-refractivity contribution in [2.75, 3.05) is 6.61 Å². The van der Waals surface area contributed by atoms with Crippen molar-refractivity contribution in [1.29, 1.82) is 0 Å². The molecule has 1 aliphatic rings. The highest BCUT2D eigenvalue weighted by Gasteiger charge is 2.29. The normalized spacial score (nSPS) is 18.4. The Kier molecular flexibility index (Phi) is 5.86. The molecule has 1 fully saturated rings. The molecule has 0 amide bonds. The maximum absolute atomic E-state index is 12.4. The van der Waals surface area contributed by atoms with Gasteiger partial charge in [0.25, 0.3) is 0 Å². The fraction of sp³-hybridized carbons (Fsp3) is 0.667. The second-order valence-electron chi connectivity index (χ2n) is 5.12. The Balaban J connectivity index is 1.98. The molecule has 0 aliphatic heterocycles. The van der Waals surface area contributed by atoms with Crippen molar-refractivity contribution in [3.8, 4) is 0 Å². The van der Waals surface area contributed by atoms with E-state index in [-0.39, 0.29) is 11.9 Å². The van der Waals surface area contributed by atoms with E-state index < -0.39 is 0 Å². The Hall–Kier alpha value is -0.380. The van der Waals surface area contributed by atoms with Gasteiger partial charge in [0, 0.05) is 17.9 Å². The van der Waals surface area contributed by atoms with Crippen LogP contribution < -0.4 is 0 Å². The highest BCUT2D eigenvalue weighted by molar-refractivity contribution is 7.16. The minimum atomic E-state index is -0.217. The van der Waals surface area contributed by atoms with Crippen molar-refractivity contribution in [2.45, 2.75) is 51.6 Å². The van der Waals surface area contributed by atoms with Crippen molar-refractivity contribution >= 4 is 28.7 Å². The lowest BCUT2D eigenvalue weighted by Crippen LogP contribution is -2.35. The molecule has 1 atom stereocenters. The molecular weight excluding hydrogens is 280 g/mol. The third kappa shape index (κ3) is 4.30.